The molecule has 3 aromatic rings. The first-order chi connectivity index (χ1) is 17.4. The molecular weight excluding hydrogens is 480 g/mol. The van der Waals surface area contributed by atoms with E-state index in [9.17, 15) is 19.2 Å². The summed E-state index contributed by atoms with van der Waals surface area (Å²) >= 11 is 1.29. The van der Waals surface area contributed by atoms with Gasteiger partial charge in [-0.25, -0.2) is 9.69 Å². The van der Waals surface area contributed by atoms with Gasteiger partial charge in [-0.3, -0.25) is 14.4 Å². The molecule has 1 heterocycles. The van der Waals surface area contributed by atoms with Crippen LogP contribution in [0.1, 0.15) is 34.1 Å². The number of thioether (sulfide) groups is 1. The van der Waals surface area contributed by atoms with Crippen molar-refractivity contribution in [2.45, 2.75) is 23.5 Å². The molecule has 2 amide bonds. The number of hydrogen-bond acceptors (Lipinski definition) is 8. The molecule has 0 bridgehead atoms. The second-order valence-electron chi connectivity index (χ2n) is 7.95. The molecule has 1 aliphatic rings. The number of nitrogens with two attached hydrogens (primary N) is 1. The molecule has 0 radical (unpaired) electrons. The maximum Gasteiger partial charge on any atom is 0.338 e. The predicted octanol–water partition coefficient (Wildman–Crippen LogP) is 4.13. The molecule has 4 rings (SSSR count). The molecular formula is C27H24N2O6S. The van der Waals surface area contributed by atoms with E-state index in [1.165, 1.54) is 36.0 Å². The highest BCUT2D eigenvalue weighted by Crippen LogP contribution is 2.34. The first-order valence-corrected chi connectivity index (χ1v) is 12.2. The molecule has 0 aliphatic carbocycles. The van der Waals surface area contributed by atoms with Crippen LogP contribution in [0.25, 0.3) is 0 Å². The van der Waals surface area contributed by atoms with E-state index in [4.69, 9.17) is 15.2 Å². The Morgan fingerprint density at radius 2 is 1.69 bits per heavy atom. The second kappa shape index (κ2) is 11.1. The van der Waals surface area contributed by atoms with Crippen LogP contribution in [-0.4, -0.2) is 42.0 Å². The number of carbonyl (C=O) groups excluding carboxylic acids is 4. The number of rotatable bonds is 9. The molecule has 1 atom stereocenters. The van der Waals surface area contributed by atoms with Crippen molar-refractivity contribution in [3.8, 4) is 5.75 Å². The summed E-state index contributed by atoms with van der Waals surface area (Å²) in [6, 6.07) is 19.6. The number of Topliss-reactive ketones (excluding diaryl/α,β-unsaturated/α-hetero) is 1. The Kier molecular flexibility index (Phi) is 7.70. The predicted molar refractivity (Wildman–Crippen MR) is 136 cm³/mol. The van der Waals surface area contributed by atoms with E-state index in [2.05, 4.69) is 0 Å². The molecule has 2 N–H and O–H groups in total. The lowest BCUT2D eigenvalue weighted by Crippen LogP contribution is -2.31. The molecule has 0 aromatic heterocycles. The zero-order chi connectivity index (χ0) is 25.7. The molecule has 1 saturated heterocycles. The fourth-order valence-corrected chi connectivity index (χ4v) is 4.79. The summed E-state index contributed by atoms with van der Waals surface area (Å²) in [4.78, 5) is 52.1. The Bertz CT molecular complexity index is 1290. The number of ether oxygens (including phenoxy) is 2. The highest BCUT2D eigenvalue weighted by Gasteiger charge is 2.40. The minimum absolute atomic E-state index is 0.0652. The Morgan fingerprint density at radius 1 is 1.00 bits per heavy atom. The van der Waals surface area contributed by atoms with Gasteiger partial charge >= 0.3 is 5.97 Å². The average Bonchev–Trinajstić information content (AvgIpc) is 3.15. The topological polar surface area (TPSA) is 116 Å². The Morgan fingerprint density at radius 3 is 2.36 bits per heavy atom. The van der Waals surface area contributed by atoms with Gasteiger partial charge in [0.25, 0.3) is 0 Å². The fourth-order valence-electron chi connectivity index (χ4n) is 3.67. The van der Waals surface area contributed by atoms with E-state index in [0.717, 1.165) is 9.80 Å². The van der Waals surface area contributed by atoms with E-state index in [0.29, 0.717) is 29.3 Å². The van der Waals surface area contributed by atoms with Crippen LogP contribution in [-0.2, 0) is 14.3 Å². The van der Waals surface area contributed by atoms with E-state index in [-0.39, 0.29) is 29.6 Å². The monoisotopic (exact) mass is 504 g/mol. The third-order valence-corrected chi connectivity index (χ3v) is 6.60. The van der Waals surface area contributed by atoms with Gasteiger partial charge in [-0.05, 0) is 73.7 Å². The number of benzene rings is 3. The van der Waals surface area contributed by atoms with Gasteiger partial charge in [-0.1, -0.05) is 6.07 Å². The molecule has 9 heteroatoms. The highest BCUT2D eigenvalue weighted by molar-refractivity contribution is 8.00. The van der Waals surface area contributed by atoms with Crippen LogP contribution >= 0.6 is 11.8 Å². The summed E-state index contributed by atoms with van der Waals surface area (Å²) in [6.07, 6.45) is 0.0652. The van der Waals surface area contributed by atoms with Crippen LogP contribution in [0, 0.1) is 0 Å². The van der Waals surface area contributed by atoms with E-state index in [1.807, 2.05) is 13.0 Å². The molecule has 1 aliphatic heterocycles. The summed E-state index contributed by atoms with van der Waals surface area (Å²) in [6.45, 7) is 1.97. The number of carbonyl (C=O) groups is 4. The third kappa shape index (κ3) is 5.75. The van der Waals surface area contributed by atoms with E-state index < -0.39 is 17.8 Å². The number of imide groups is 1. The average molecular weight is 505 g/mol. The first kappa shape index (κ1) is 25.0. The largest absolute Gasteiger partial charge is 0.494 e. The zero-order valence-electron chi connectivity index (χ0n) is 19.5. The van der Waals surface area contributed by atoms with Crippen molar-refractivity contribution in [1.29, 1.82) is 0 Å². The van der Waals surface area contributed by atoms with Gasteiger partial charge in [0.1, 0.15) is 5.75 Å². The van der Waals surface area contributed by atoms with Crippen molar-refractivity contribution in [3.63, 3.8) is 0 Å². The minimum Gasteiger partial charge on any atom is -0.494 e. The van der Waals surface area contributed by atoms with Gasteiger partial charge in [0.05, 0.1) is 23.1 Å². The van der Waals surface area contributed by atoms with Crippen LogP contribution in [0.3, 0.4) is 0 Å². The number of anilines is 2. The summed E-state index contributed by atoms with van der Waals surface area (Å²) in [5, 5.41) is -0.558. The smallest absolute Gasteiger partial charge is 0.338 e. The number of nitrogens with zero attached hydrogens (tertiary/aromatic N) is 1. The molecule has 0 saturated carbocycles. The quantitative estimate of drug-likeness (QED) is 0.200. The first-order valence-electron chi connectivity index (χ1n) is 11.3. The van der Waals surface area contributed by atoms with Gasteiger partial charge in [0.15, 0.2) is 12.4 Å². The minimum atomic E-state index is -0.685. The van der Waals surface area contributed by atoms with Gasteiger partial charge in [0.2, 0.25) is 11.8 Å². The highest BCUT2D eigenvalue weighted by atomic mass is 32.2. The zero-order valence-corrected chi connectivity index (χ0v) is 20.3. The van der Waals surface area contributed by atoms with Crippen LogP contribution in [0.5, 0.6) is 5.75 Å². The van der Waals surface area contributed by atoms with Crippen molar-refractivity contribution >= 4 is 46.7 Å². The van der Waals surface area contributed by atoms with Crippen LogP contribution < -0.4 is 15.4 Å². The Hall–Kier alpha value is -4.11. The van der Waals surface area contributed by atoms with Gasteiger partial charge < -0.3 is 15.2 Å². The van der Waals surface area contributed by atoms with Crippen molar-refractivity contribution in [2.75, 3.05) is 23.8 Å². The summed E-state index contributed by atoms with van der Waals surface area (Å²) in [5.41, 5.74) is 7.34. The number of hydrogen-bond donors (Lipinski definition) is 1. The number of ketones is 1. The number of esters is 1. The van der Waals surface area contributed by atoms with Gasteiger partial charge in [-0.15, -0.1) is 11.8 Å². The lowest BCUT2D eigenvalue weighted by Gasteiger charge is -2.15. The van der Waals surface area contributed by atoms with Crippen molar-refractivity contribution in [3.05, 3.63) is 83.9 Å². The summed E-state index contributed by atoms with van der Waals surface area (Å²) < 4.78 is 10.5. The van der Waals surface area contributed by atoms with Crippen molar-refractivity contribution in [2.24, 2.45) is 0 Å². The van der Waals surface area contributed by atoms with Crippen LogP contribution in [0.15, 0.2) is 77.7 Å². The summed E-state index contributed by atoms with van der Waals surface area (Å²) in [7, 11) is 0. The summed E-state index contributed by atoms with van der Waals surface area (Å²) in [5.74, 6) is -1.04. The lowest BCUT2D eigenvalue weighted by molar-refractivity contribution is -0.121. The fraction of sp³-hybridized carbons (Fsp3) is 0.185. The van der Waals surface area contributed by atoms with Crippen LogP contribution in [0.4, 0.5) is 11.4 Å². The Balaban J connectivity index is 1.35. The van der Waals surface area contributed by atoms with Crippen molar-refractivity contribution in [1.82, 2.24) is 0 Å². The lowest BCUT2D eigenvalue weighted by atomic mass is 10.1. The molecule has 8 nitrogen and oxygen atoms in total. The van der Waals surface area contributed by atoms with Crippen molar-refractivity contribution < 1.29 is 28.7 Å². The molecule has 1 unspecified atom stereocenters. The standard InChI is InChI=1S/C27H24N2O6S/c1-2-34-21-12-8-17(9-13-21)23(30)16-35-27(33)18-6-10-20(11-7-18)29-25(31)15-24(26(29)32)36-22-5-3-4-19(28)14-22/h3-14,24H,2,15-16,28H2,1H3. The third-order valence-electron chi connectivity index (χ3n) is 5.42. The second-order valence-corrected chi connectivity index (χ2v) is 9.23. The van der Waals surface area contributed by atoms with Gasteiger partial charge in [0, 0.05) is 22.6 Å². The van der Waals surface area contributed by atoms with Crippen LogP contribution in [0.2, 0.25) is 0 Å². The molecule has 1 fully saturated rings. The normalized spacial score (nSPS) is 15.1. The molecule has 184 valence electrons. The molecule has 0 spiro atoms. The number of amides is 2. The Labute approximate surface area is 212 Å². The number of nitrogen functional groups attached to an aromatic ring is 1. The molecule has 3 aromatic carbocycles. The SMILES string of the molecule is CCOc1ccc(C(=O)COC(=O)c2ccc(N3C(=O)CC(Sc4cccc(N)c4)C3=O)cc2)cc1. The maximum absolute atomic E-state index is 12.9. The maximum atomic E-state index is 12.9. The van der Waals surface area contributed by atoms with E-state index >= 15 is 0 Å². The van der Waals surface area contributed by atoms with Gasteiger partial charge in [-0.2, -0.15) is 0 Å². The molecule has 36 heavy (non-hydrogen) atoms. The van der Waals surface area contributed by atoms with E-state index in [1.54, 1.807) is 42.5 Å².